The Morgan fingerprint density at radius 1 is 1.25 bits per heavy atom. The highest BCUT2D eigenvalue weighted by molar-refractivity contribution is 5.89. The Bertz CT molecular complexity index is 678. The Balaban J connectivity index is 0.000000891. The normalized spacial score (nSPS) is 9.21. The van der Waals surface area contributed by atoms with Crippen LogP contribution in [0.15, 0.2) is 48.5 Å². The number of ether oxygens (including phenoxy) is 1. The van der Waals surface area contributed by atoms with Crippen molar-refractivity contribution in [3.05, 3.63) is 59.7 Å². The van der Waals surface area contributed by atoms with Gasteiger partial charge in [-0.3, -0.25) is 0 Å². The number of aromatic hydroxyl groups is 1. The zero-order chi connectivity index (χ0) is 17.8. The maximum atomic E-state index is 11.7. The molecule has 2 N–H and O–H groups in total. The van der Waals surface area contributed by atoms with Crippen LogP contribution in [0.5, 0.6) is 11.5 Å². The predicted octanol–water partition coefficient (Wildman–Crippen LogP) is 2.94. The maximum Gasteiger partial charge on any atom is 0.356 e. The number of hydrogen-bond donors (Lipinski definition) is 2. The lowest BCUT2D eigenvalue weighted by Gasteiger charge is -2.08. The second kappa shape index (κ2) is 10.7. The molecule has 24 heavy (non-hydrogen) atoms. The summed E-state index contributed by atoms with van der Waals surface area (Å²) >= 11 is 0. The van der Waals surface area contributed by atoms with Crippen LogP contribution < -0.4 is 10.2 Å². The third kappa shape index (κ3) is 6.42. The van der Waals surface area contributed by atoms with Crippen LogP contribution in [0.4, 0.5) is 0 Å². The molecule has 0 aliphatic carbocycles. The van der Waals surface area contributed by atoms with Gasteiger partial charge in [-0.1, -0.05) is 24.3 Å². The van der Waals surface area contributed by atoms with Gasteiger partial charge in [-0.25, -0.2) is 4.79 Å². The molecule has 0 heterocycles. The van der Waals surface area contributed by atoms with Gasteiger partial charge in [0.25, 0.3) is 0 Å². The molecule has 2 aromatic carbocycles. The van der Waals surface area contributed by atoms with E-state index in [0.29, 0.717) is 24.3 Å². The molecule has 0 aliphatic heterocycles. The maximum absolute atomic E-state index is 11.7. The van der Waals surface area contributed by atoms with Crippen molar-refractivity contribution in [3.8, 4) is 23.8 Å². The van der Waals surface area contributed by atoms with E-state index in [1.807, 2.05) is 6.07 Å². The summed E-state index contributed by atoms with van der Waals surface area (Å²) in [5.41, 5.74) is 4.09. The van der Waals surface area contributed by atoms with Crippen molar-refractivity contribution in [3.63, 3.8) is 0 Å². The van der Waals surface area contributed by atoms with Gasteiger partial charge in [-0.15, -0.1) is 12.3 Å². The second-order valence-corrected chi connectivity index (χ2v) is 4.69. The standard InChI is InChI=1S/C16H17NO4.C3H4/c1-20-15-11-12(7-8-14(15)18)9-10-17-21-16(19)13-5-3-2-4-6-13;1-3-2/h2-8,11,17-18H,9-10H2,1H3;1H,2H3. The van der Waals surface area contributed by atoms with Gasteiger partial charge in [0.15, 0.2) is 11.5 Å². The zero-order valence-electron chi connectivity index (χ0n) is 13.8. The molecule has 126 valence electrons. The van der Waals surface area contributed by atoms with Crippen molar-refractivity contribution < 1.29 is 19.5 Å². The number of hydrogen-bond acceptors (Lipinski definition) is 5. The molecule has 0 unspecified atom stereocenters. The lowest BCUT2D eigenvalue weighted by atomic mass is 10.1. The molecule has 0 atom stereocenters. The first kappa shape index (κ1) is 19.1. The molecule has 0 amide bonds. The fourth-order valence-electron chi connectivity index (χ4n) is 1.82. The third-order valence-electron chi connectivity index (χ3n) is 2.93. The molecule has 0 radical (unpaired) electrons. The smallest absolute Gasteiger partial charge is 0.356 e. The van der Waals surface area contributed by atoms with E-state index in [-0.39, 0.29) is 5.75 Å². The van der Waals surface area contributed by atoms with Crippen molar-refractivity contribution in [2.24, 2.45) is 0 Å². The van der Waals surface area contributed by atoms with E-state index < -0.39 is 5.97 Å². The molecular weight excluding hydrogens is 306 g/mol. The first-order chi connectivity index (χ1) is 11.6. The number of carbonyl (C=O) groups is 1. The molecule has 5 heteroatoms. The molecule has 0 saturated heterocycles. The first-order valence-electron chi connectivity index (χ1n) is 7.34. The average molecular weight is 327 g/mol. The highest BCUT2D eigenvalue weighted by atomic mass is 16.7. The van der Waals surface area contributed by atoms with Crippen molar-refractivity contribution in [1.29, 1.82) is 0 Å². The van der Waals surface area contributed by atoms with E-state index >= 15 is 0 Å². The highest BCUT2D eigenvalue weighted by Gasteiger charge is 2.06. The zero-order valence-corrected chi connectivity index (χ0v) is 13.8. The predicted molar refractivity (Wildman–Crippen MR) is 92.7 cm³/mol. The van der Waals surface area contributed by atoms with Crippen LogP contribution in [0.25, 0.3) is 0 Å². The quantitative estimate of drug-likeness (QED) is 0.485. The average Bonchev–Trinajstić information content (AvgIpc) is 2.61. The van der Waals surface area contributed by atoms with Crippen molar-refractivity contribution >= 4 is 5.97 Å². The summed E-state index contributed by atoms with van der Waals surface area (Å²) in [4.78, 5) is 16.6. The van der Waals surface area contributed by atoms with E-state index in [0.717, 1.165) is 5.56 Å². The molecule has 0 aromatic heterocycles. The molecule has 2 rings (SSSR count). The SMILES string of the molecule is C#CC.COc1cc(CCNOC(=O)c2ccccc2)ccc1O. The van der Waals surface area contributed by atoms with E-state index in [9.17, 15) is 9.90 Å². The topological polar surface area (TPSA) is 67.8 Å². The summed E-state index contributed by atoms with van der Waals surface area (Å²) in [5, 5.41) is 9.50. The molecule has 0 spiro atoms. The van der Waals surface area contributed by atoms with Gasteiger partial charge in [0.05, 0.1) is 12.7 Å². The molecular formula is C19H21NO4. The fraction of sp³-hybridized carbons (Fsp3) is 0.211. The number of rotatable bonds is 6. The van der Waals surface area contributed by atoms with Crippen molar-refractivity contribution in [1.82, 2.24) is 5.48 Å². The van der Waals surface area contributed by atoms with Crippen molar-refractivity contribution in [2.75, 3.05) is 13.7 Å². The summed E-state index contributed by atoms with van der Waals surface area (Å²) in [6, 6.07) is 13.9. The van der Waals surface area contributed by atoms with Crippen LogP contribution in [-0.2, 0) is 11.3 Å². The third-order valence-corrected chi connectivity index (χ3v) is 2.93. The molecule has 0 bridgehead atoms. The number of nitrogens with one attached hydrogen (secondary N) is 1. The van der Waals surface area contributed by atoms with Crippen LogP contribution in [0.1, 0.15) is 22.8 Å². The summed E-state index contributed by atoms with van der Waals surface area (Å²) in [6.45, 7) is 2.12. The number of phenols is 1. The number of benzene rings is 2. The summed E-state index contributed by atoms with van der Waals surface area (Å²) in [5.74, 6) is 2.36. The molecule has 5 nitrogen and oxygen atoms in total. The Morgan fingerprint density at radius 3 is 2.54 bits per heavy atom. The Kier molecular flexibility index (Phi) is 8.51. The lowest BCUT2D eigenvalue weighted by Crippen LogP contribution is -2.22. The highest BCUT2D eigenvalue weighted by Crippen LogP contribution is 2.26. The Hall–Kier alpha value is -2.97. The summed E-state index contributed by atoms with van der Waals surface area (Å²) in [7, 11) is 1.50. The van der Waals surface area contributed by atoms with Gasteiger partial charge < -0.3 is 14.7 Å². The first-order valence-corrected chi connectivity index (χ1v) is 7.34. The van der Waals surface area contributed by atoms with E-state index in [4.69, 9.17) is 9.57 Å². The molecule has 0 saturated carbocycles. The number of methoxy groups -OCH3 is 1. The van der Waals surface area contributed by atoms with Gasteiger partial charge in [0.1, 0.15) is 0 Å². The summed E-state index contributed by atoms with van der Waals surface area (Å²) in [6.07, 6.45) is 5.23. The van der Waals surface area contributed by atoms with E-state index in [1.165, 1.54) is 7.11 Å². The summed E-state index contributed by atoms with van der Waals surface area (Å²) < 4.78 is 5.03. The van der Waals surface area contributed by atoms with Crippen LogP contribution in [0, 0.1) is 12.3 Å². The Labute approximate surface area is 142 Å². The molecule has 0 aliphatic rings. The van der Waals surface area contributed by atoms with Gasteiger partial charge in [-0.2, -0.15) is 5.48 Å². The minimum Gasteiger partial charge on any atom is -0.504 e. The van der Waals surface area contributed by atoms with Gasteiger partial charge in [0.2, 0.25) is 0 Å². The number of phenolic OH excluding ortho intramolecular Hbond substituents is 1. The number of carbonyl (C=O) groups excluding carboxylic acids is 1. The van der Waals surface area contributed by atoms with Gasteiger partial charge >= 0.3 is 5.97 Å². The minimum absolute atomic E-state index is 0.102. The Morgan fingerprint density at radius 2 is 1.92 bits per heavy atom. The van der Waals surface area contributed by atoms with Crippen LogP contribution in [0.3, 0.4) is 0 Å². The van der Waals surface area contributed by atoms with Gasteiger partial charge in [0, 0.05) is 6.54 Å². The minimum atomic E-state index is -0.418. The van der Waals surface area contributed by atoms with Crippen molar-refractivity contribution in [2.45, 2.75) is 13.3 Å². The number of terminal acetylenes is 1. The van der Waals surface area contributed by atoms with Crippen LogP contribution >= 0.6 is 0 Å². The fourth-order valence-corrected chi connectivity index (χ4v) is 1.82. The van der Waals surface area contributed by atoms with E-state index in [1.54, 1.807) is 49.4 Å². The lowest BCUT2D eigenvalue weighted by molar-refractivity contribution is 0.0256. The monoisotopic (exact) mass is 327 g/mol. The second-order valence-electron chi connectivity index (χ2n) is 4.69. The van der Waals surface area contributed by atoms with E-state index in [2.05, 4.69) is 17.8 Å². The largest absolute Gasteiger partial charge is 0.504 e. The molecule has 0 fully saturated rings. The number of hydroxylamine groups is 1. The van der Waals surface area contributed by atoms with Gasteiger partial charge in [-0.05, 0) is 43.2 Å². The molecule has 2 aromatic rings. The van der Waals surface area contributed by atoms with Crippen LogP contribution in [0.2, 0.25) is 0 Å². The van der Waals surface area contributed by atoms with Crippen LogP contribution in [-0.4, -0.2) is 24.7 Å².